The van der Waals surface area contributed by atoms with Crippen molar-refractivity contribution in [2.45, 2.75) is 44.6 Å². The third-order valence-electron chi connectivity index (χ3n) is 5.80. The Hall–Kier alpha value is -0.370. The lowest BCUT2D eigenvalue weighted by Gasteiger charge is -2.24. The van der Waals surface area contributed by atoms with E-state index in [1.54, 1.807) is 0 Å². The Labute approximate surface area is 157 Å². The Balaban J connectivity index is 0.00000225. The number of likely N-dealkylation sites (tertiary alicyclic amines) is 1. The van der Waals surface area contributed by atoms with Crippen LogP contribution in [0, 0.1) is 17.8 Å². The van der Waals surface area contributed by atoms with Crippen molar-refractivity contribution in [1.82, 2.24) is 10.2 Å². The lowest BCUT2D eigenvalue weighted by molar-refractivity contribution is -0.123. The number of rotatable bonds is 7. The van der Waals surface area contributed by atoms with Crippen molar-refractivity contribution in [3.05, 3.63) is 0 Å². The van der Waals surface area contributed by atoms with Gasteiger partial charge in [-0.2, -0.15) is 0 Å². The van der Waals surface area contributed by atoms with Crippen molar-refractivity contribution in [3.63, 3.8) is 0 Å². The Morgan fingerprint density at radius 2 is 1.80 bits per heavy atom. The minimum absolute atomic E-state index is 0. The van der Waals surface area contributed by atoms with Crippen LogP contribution in [0.25, 0.3) is 0 Å². The Morgan fingerprint density at radius 1 is 1.12 bits per heavy atom. The molecule has 1 aliphatic carbocycles. The number of hydrogen-bond acceptors (Lipinski definition) is 5. The Kier molecular flexibility index (Phi) is 7.55. The molecule has 0 unspecified atom stereocenters. The lowest BCUT2D eigenvalue weighted by Crippen LogP contribution is -2.42. The summed E-state index contributed by atoms with van der Waals surface area (Å²) in [7, 11) is -2.86. The zero-order valence-corrected chi connectivity index (χ0v) is 16.4. The van der Waals surface area contributed by atoms with E-state index in [-0.39, 0.29) is 48.4 Å². The zero-order valence-electron chi connectivity index (χ0n) is 14.7. The fourth-order valence-electron chi connectivity index (χ4n) is 4.22. The average Bonchev–Trinajstić information content (AvgIpc) is 3.30. The summed E-state index contributed by atoms with van der Waals surface area (Å²) in [5.74, 6) is 2.04. The standard InChI is InChI=1S/C17H30N2O4S.ClH/c20-7-1-6-19-11-15(14-2-3-14)16(12-19)18-17(21)10-13-4-8-24(22,23)9-5-13;/h13-16,20H,1-12H2,(H,18,21);1H/t15-,16+;/m1./s1. The molecule has 146 valence electrons. The molecule has 1 saturated carbocycles. The van der Waals surface area contributed by atoms with Crippen molar-refractivity contribution in [2.75, 3.05) is 37.7 Å². The number of amides is 1. The van der Waals surface area contributed by atoms with Gasteiger partial charge >= 0.3 is 0 Å². The van der Waals surface area contributed by atoms with Crippen LogP contribution in [-0.4, -0.2) is 68.1 Å². The molecule has 0 spiro atoms. The maximum absolute atomic E-state index is 12.4. The van der Waals surface area contributed by atoms with E-state index < -0.39 is 9.84 Å². The lowest BCUT2D eigenvalue weighted by atomic mass is 9.96. The summed E-state index contributed by atoms with van der Waals surface area (Å²) >= 11 is 0. The summed E-state index contributed by atoms with van der Waals surface area (Å²) < 4.78 is 23.0. The van der Waals surface area contributed by atoms with Gasteiger partial charge in [0.2, 0.25) is 5.91 Å². The van der Waals surface area contributed by atoms with Crippen LogP contribution >= 0.6 is 12.4 Å². The van der Waals surface area contributed by atoms with Gasteiger partial charge in [0, 0.05) is 38.7 Å². The number of carbonyl (C=O) groups excluding carboxylic acids is 1. The zero-order chi connectivity index (χ0) is 17.2. The van der Waals surface area contributed by atoms with Crippen molar-refractivity contribution in [2.24, 2.45) is 17.8 Å². The molecular weight excluding hydrogens is 364 g/mol. The maximum Gasteiger partial charge on any atom is 0.220 e. The second-order valence-corrected chi connectivity index (χ2v) is 10.1. The first-order valence-corrected chi connectivity index (χ1v) is 11.1. The van der Waals surface area contributed by atoms with Crippen LogP contribution in [-0.2, 0) is 14.6 Å². The molecule has 2 N–H and O–H groups in total. The number of halogens is 1. The first-order valence-electron chi connectivity index (χ1n) is 9.30. The van der Waals surface area contributed by atoms with Gasteiger partial charge in [0.1, 0.15) is 9.84 Å². The van der Waals surface area contributed by atoms with Crippen molar-refractivity contribution in [3.8, 4) is 0 Å². The first kappa shape index (κ1) is 20.9. The monoisotopic (exact) mass is 394 g/mol. The van der Waals surface area contributed by atoms with Crippen LogP contribution < -0.4 is 5.32 Å². The van der Waals surface area contributed by atoms with Crippen LogP contribution in [0.5, 0.6) is 0 Å². The molecule has 1 amide bonds. The molecule has 2 aliphatic heterocycles. The van der Waals surface area contributed by atoms with E-state index in [0.29, 0.717) is 25.2 Å². The van der Waals surface area contributed by atoms with Crippen LogP contribution in [0.2, 0.25) is 0 Å². The summed E-state index contributed by atoms with van der Waals surface area (Å²) in [6.07, 6.45) is 5.02. The number of nitrogens with one attached hydrogen (secondary N) is 1. The SMILES string of the molecule is Cl.O=C(CC1CCS(=O)(=O)CC1)N[C@H]1CN(CCCO)C[C@@H]1C1CC1. The van der Waals surface area contributed by atoms with Crippen molar-refractivity contribution < 1.29 is 18.3 Å². The van der Waals surface area contributed by atoms with Gasteiger partial charge in [0.25, 0.3) is 0 Å². The summed E-state index contributed by atoms with van der Waals surface area (Å²) in [6.45, 7) is 3.02. The Bertz CT molecular complexity index is 539. The molecule has 2 saturated heterocycles. The molecule has 3 rings (SSSR count). The molecule has 8 heteroatoms. The van der Waals surface area contributed by atoms with Gasteiger partial charge in [0.05, 0.1) is 11.5 Å². The average molecular weight is 395 g/mol. The van der Waals surface area contributed by atoms with E-state index in [0.717, 1.165) is 32.0 Å². The molecule has 0 radical (unpaired) electrons. The van der Waals surface area contributed by atoms with E-state index in [4.69, 9.17) is 5.11 Å². The van der Waals surface area contributed by atoms with E-state index >= 15 is 0 Å². The highest BCUT2D eigenvalue weighted by molar-refractivity contribution is 7.91. The number of aliphatic hydroxyl groups is 1. The summed E-state index contributed by atoms with van der Waals surface area (Å²) in [5, 5.41) is 12.2. The minimum atomic E-state index is -2.86. The molecule has 2 atom stereocenters. The normalized spacial score (nSPS) is 30.0. The number of nitrogens with zero attached hydrogens (tertiary/aromatic N) is 1. The number of hydrogen-bond donors (Lipinski definition) is 2. The molecule has 0 aromatic heterocycles. The summed E-state index contributed by atoms with van der Waals surface area (Å²) in [4.78, 5) is 14.8. The molecule has 3 fully saturated rings. The highest BCUT2D eigenvalue weighted by atomic mass is 35.5. The maximum atomic E-state index is 12.4. The van der Waals surface area contributed by atoms with Gasteiger partial charge < -0.3 is 15.3 Å². The number of sulfone groups is 1. The Morgan fingerprint density at radius 3 is 2.40 bits per heavy atom. The molecule has 0 aromatic rings. The molecule has 6 nitrogen and oxygen atoms in total. The van der Waals surface area contributed by atoms with E-state index in [1.807, 2.05) is 0 Å². The third kappa shape index (κ3) is 6.08. The topological polar surface area (TPSA) is 86.7 Å². The second kappa shape index (κ2) is 9.02. The number of carbonyl (C=O) groups is 1. The van der Waals surface area contributed by atoms with Crippen molar-refractivity contribution >= 4 is 28.2 Å². The molecular formula is C17H31ClN2O4S. The van der Waals surface area contributed by atoms with Crippen LogP contribution in [0.3, 0.4) is 0 Å². The van der Waals surface area contributed by atoms with E-state index in [9.17, 15) is 13.2 Å². The van der Waals surface area contributed by atoms with Gasteiger partial charge in [0.15, 0.2) is 0 Å². The predicted molar refractivity (Wildman–Crippen MR) is 99.5 cm³/mol. The van der Waals surface area contributed by atoms with Gasteiger partial charge in [-0.3, -0.25) is 4.79 Å². The smallest absolute Gasteiger partial charge is 0.220 e. The van der Waals surface area contributed by atoms with E-state index in [1.165, 1.54) is 12.8 Å². The summed E-state index contributed by atoms with van der Waals surface area (Å²) in [6, 6.07) is 0.219. The summed E-state index contributed by atoms with van der Waals surface area (Å²) in [5.41, 5.74) is 0. The quantitative estimate of drug-likeness (QED) is 0.668. The molecule has 0 bridgehead atoms. The van der Waals surface area contributed by atoms with E-state index in [2.05, 4.69) is 10.2 Å². The van der Waals surface area contributed by atoms with Gasteiger partial charge in [-0.1, -0.05) is 0 Å². The van der Waals surface area contributed by atoms with Gasteiger partial charge in [-0.05, 0) is 49.9 Å². The third-order valence-corrected chi connectivity index (χ3v) is 7.51. The van der Waals surface area contributed by atoms with Gasteiger partial charge in [-0.25, -0.2) is 8.42 Å². The molecule has 0 aromatic carbocycles. The van der Waals surface area contributed by atoms with Crippen LogP contribution in [0.15, 0.2) is 0 Å². The first-order chi connectivity index (χ1) is 11.5. The molecule has 3 aliphatic rings. The van der Waals surface area contributed by atoms with Gasteiger partial charge in [-0.15, -0.1) is 12.4 Å². The van der Waals surface area contributed by atoms with Crippen LogP contribution in [0.4, 0.5) is 0 Å². The highest BCUT2D eigenvalue weighted by Crippen LogP contribution is 2.41. The highest BCUT2D eigenvalue weighted by Gasteiger charge is 2.42. The fraction of sp³-hybridized carbons (Fsp3) is 0.941. The van der Waals surface area contributed by atoms with Crippen LogP contribution in [0.1, 0.15) is 38.5 Å². The largest absolute Gasteiger partial charge is 0.396 e. The van der Waals surface area contributed by atoms with Crippen molar-refractivity contribution in [1.29, 1.82) is 0 Å². The number of aliphatic hydroxyl groups excluding tert-OH is 1. The molecule has 2 heterocycles. The fourth-order valence-corrected chi connectivity index (χ4v) is 5.80. The molecule has 25 heavy (non-hydrogen) atoms. The second-order valence-electron chi connectivity index (χ2n) is 7.81. The minimum Gasteiger partial charge on any atom is -0.396 e. The predicted octanol–water partition coefficient (Wildman–Crippen LogP) is 0.832.